The molecule has 0 fully saturated rings. The zero-order valence-electron chi connectivity index (χ0n) is 22.0. The fourth-order valence-electron chi connectivity index (χ4n) is 4.45. The number of ether oxygens (including phenoxy) is 2. The van der Waals surface area contributed by atoms with Gasteiger partial charge in [0.05, 0.1) is 38.1 Å². The lowest BCUT2D eigenvalue weighted by Gasteiger charge is -2.15. The second-order valence-electron chi connectivity index (χ2n) is 9.46. The number of carbonyl (C=O) groups is 1. The molecule has 10 heteroatoms. The standard InChI is InChI=1S/C29H33N7O3/c1-21-25-17-31-29(37)24-16-33-36(20-24)19-23-9-8-22(18-35-11-7-10-32-35)14-26(23)38-12-5-3-2-4-6-13-39-27(25)15-28(30)34-21/h2,4,7-11,14-16,20H,3,5-6,12-13,17-19H2,1H3,(H2,30,34)(H,31,37)/b4-2+. The van der Waals surface area contributed by atoms with Crippen molar-refractivity contribution in [3.05, 3.63) is 95.2 Å². The number of nitrogen functional groups attached to an aromatic ring is 1. The summed E-state index contributed by atoms with van der Waals surface area (Å²) >= 11 is 0. The number of aryl methyl sites for hydroxylation is 1. The average Bonchev–Trinajstić information content (AvgIpc) is 3.60. The van der Waals surface area contributed by atoms with E-state index < -0.39 is 0 Å². The molecular weight excluding hydrogens is 494 g/mol. The second kappa shape index (κ2) is 12.3. The summed E-state index contributed by atoms with van der Waals surface area (Å²) in [6, 6.07) is 9.81. The summed E-state index contributed by atoms with van der Waals surface area (Å²) in [5.41, 5.74) is 10.0. The van der Waals surface area contributed by atoms with Crippen LogP contribution in [0.5, 0.6) is 11.5 Å². The number of anilines is 1. The first-order chi connectivity index (χ1) is 19.0. The van der Waals surface area contributed by atoms with E-state index >= 15 is 0 Å². The summed E-state index contributed by atoms with van der Waals surface area (Å²) in [6.07, 6.45) is 13.8. The molecule has 4 heterocycles. The van der Waals surface area contributed by atoms with Gasteiger partial charge in [-0.25, -0.2) is 4.98 Å². The van der Waals surface area contributed by atoms with Crippen LogP contribution in [0.15, 0.2) is 67.3 Å². The fraction of sp³-hybridized carbons (Fsp3) is 0.310. The molecule has 4 aromatic rings. The topological polar surface area (TPSA) is 122 Å². The first kappa shape index (κ1) is 26.0. The van der Waals surface area contributed by atoms with Gasteiger partial charge in [0.2, 0.25) is 0 Å². The van der Waals surface area contributed by atoms with Crippen molar-refractivity contribution >= 4 is 11.7 Å². The number of hydrogen-bond acceptors (Lipinski definition) is 7. The van der Waals surface area contributed by atoms with E-state index in [1.54, 1.807) is 29.3 Å². The van der Waals surface area contributed by atoms with Crippen molar-refractivity contribution in [1.82, 2.24) is 29.9 Å². The molecular formula is C29H33N7O3. The molecule has 0 aliphatic carbocycles. The Bertz CT molecular complexity index is 1440. The smallest absolute Gasteiger partial charge is 0.254 e. The SMILES string of the molecule is Cc1nc(N)cc2c1CNC(=O)c1cnn(c1)Cc1ccc(Cn3cccn3)cc1OCCC/C=C/CCO2. The minimum absolute atomic E-state index is 0.230. The molecule has 3 aromatic heterocycles. The lowest BCUT2D eigenvalue weighted by molar-refractivity contribution is 0.0950. The van der Waals surface area contributed by atoms with Gasteiger partial charge in [0.25, 0.3) is 5.91 Å². The van der Waals surface area contributed by atoms with Crippen molar-refractivity contribution in [3.8, 4) is 11.5 Å². The molecule has 2 bridgehead atoms. The Morgan fingerprint density at radius 2 is 1.95 bits per heavy atom. The number of hydrogen-bond donors (Lipinski definition) is 2. The van der Waals surface area contributed by atoms with Crippen LogP contribution in [0.1, 0.15) is 52.0 Å². The number of benzene rings is 1. The third kappa shape index (κ3) is 6.84. The number of pyridine rings is 1. The summed E-state index contributed by atoms with van der Waals surface area (Å²) in [5.74, 6) is 1.60. The molecule has 10 nitrogen and oxygen atoms in total. The Kier molecular flexibility index (Phi) is 8.20. The van der Waals surface area contributed by atoms with E-state index in [0.717, 1.165) is 47.4 Å². The summed E-state index contributed by atoms with van der Waals surface area (Å²) in [4.78, 5) is 17.3. The number of amides is 1. The lowest BCUT2D eigenvalue weighted by atomic mass is 10.1. The number of nitrogens with one attached hydrogen (secondary N) is 1. The minimum atomic E-state index is -0.230. The maximum Gasteiger partial charge on any atom is 0.254 e. The van der Waals surface area contributed by atoms with Gasteiger partial charge in [-0.05, 0) is 43.9 Å². The van der Waals surface area contributed by atoms with Crippen molar-refractivity contribution < 1.29 is 14.3 Å². The van der Waals surface area contributed by atoms with Crippen LogP contribution in [0, 0.1) is 6.92 Å². The molecule has 0 saturated carbocycles. The van der Waals surface area contributed by atoms with Crippen molar-refractivity contribution in [3.63, 3.8) is 0 Å². The van der Waals surface area contributed by atoms with E-state index in [9.17, 15) is 4.79 Å². The van der Waals surface area contributed by atoms with Gasteiger partial charge < -0.3 is 20.5 Å². The number of aromatic nitrogens is 5. The normalized spacial score (nSPS) is 15.7. The highest BCUT2D eigenvalue weighted by Gasteiger charge is 2.15. The van der Waals surface area contributed by atoms with Crippen LogP contribution in [0.2, 0.25) is 0 Å². The molecule has 0 atom stereocenters. The predicted molar refractivity (Wildman–Crippen MR) is 148 cm³/mol. The molecule has 0 unspecified atom stereocenters. The second-order valence-corrected chi connectivity index (χ2v) is 9.46. The van der Waals surface area contributed by atoms with Crippen LogP contribution in [0.3, 0.4) is 0 Å². The quantitative estimate of drug-likeness (QED) is 0.379. The summed E-state index contributed by atoms with van der Waals surface area (Å²) in [6.45, 7) is 4.35. The monoisotopic (exact) mass is 527 g/mol. The first-order valence-corrected chi connectivity index (χ1v) is 13.1. The van der Waals surface area contributed by atoms with Crippen LogP contribution >= 0.6 is 0 Å². The van der Waals surface area contributed by atoms with E-state index in [0.29, 0.717) is 43.4 Å². The van der Waals surface area contributed by atoms with Gasteiger partial charge in [-0.15, -0.1) is 0 Å². The molecule has 1 aliphatic heterocycles. The fourth-order valence-corrected chi connectivity index (χ4v) is 4.45. The van der Waals surface area contributed by atoms with Gasteiger partial charge in [-0.3, -0.25) is 14.2 Å². The number of fused-ring (bicyclic) bond motifs is 4. The Hall–Kier alpha value is -4.60. The van der Waals surface area contributed by atoms with E-state index in [4.69, 9.17) is 15.2 Å². The lowest BCUT2D eigenvalue weighted by Crippen LogP contribution is -2.23. The molecule has 0 radical (unpaired) electrons. The van der Waals surface area contributed by atoms with Crippen molar-refractivity contribution in [2.75, 3.05) is 18.9 Å². The van der Waals surface area contributed by atoms with Crippen molar-refractivity contribution in [1.29, 1.82) is 0 Å². The van der Waals surface area contributed by atoms with Gasteiger partial charge in [-0.1, -0.05) is 24.3 Å². The molecule has 202 valence electrons. The van der Waals surface area contributed by atoms with Crippen LogP contribution in [0.25, 0.3) is 0 Å². The van der Waals surface area contributed by atoms with E-state index in [1.807, 2.05) is 23.9 Å². The summed E-state index contributed by atoms with van der Waals surface area (Å²) in [5, 5.41) is 11.7. The molecule has 1 aliphatic rings. The first-order valence-electron chi connectivity index (χ1n) is 13.1. The number of allylic oxidation sites excluding steroid dienone is 1. The maximum atomic E-state index is 13.0. The molecule has 3 N–H and O–H groups in total. The molecule has 39 heavy (non-hydrogen) atoms. The molecule has 0 saturated heterocycles. The maximum absolute atomic E-state index is 13.0. The van der Waals surface area contributed by atoms with Gasteiger partial charge in [0.15, 0.2) is 0 Å². The Labute approximate surface area is 227 Å². The highest BCUT2D eigenvalue weighted by molar-refractivity contribution is 5.93. The molecule has 1 aromatic carbocycles. The zero-order chi connectivity index (χ0) is 27.0. The summed E-state index contributed by atoms with van der Waals surface area (Å²) < 4.78 is 15.9. The van der Waals surface area contributed by atoms with Crippen molar-refractivity contribution in [2.45, 2.75) is 45.8 Å². The Morgan fingerprint density at radius 1 is 1.08 bits per heavy atom. The highest BCUT2D eigenvalue weighted by atomic mass is 16.5. The summed E-state index contributed by atoms with van der Waals surface area (Å²) in [7, 11) is 0. The largest absolute Gasteiger partial charge is 0.493 e. The molecule has 0 spiro atoms. The van der Waals surface area contributed by atoms with Crippen LogP contribution in [0.4, 0.5) is 5.82 Å². The van der Waals surface area contributed by atoms with Gasteiger partial charge >= 0.3 is 0 Å². The van der Waals surface area contributed by atoms with E-state index in [1.165, 1.54) is 0 Å². The minimum Gasteiger partial charge on any atom is -0.493 e. The van der Waals surface area contributed by atoms with Crippen molar-refractivity contribution in [2.24, 2.45) is 0 Å². The molecule has 5 rings (SSSR count). The number of nitrogens with two attached hydrogens (primary N) is 1. The van der Waals surface area contributed by atoms with Crippen LogP contribution < -0.4 is 20.5 Å². The van der Waals surface area contributed by atoms with Crippen LogP contribution in [-0.2, 0) is 19.6 Å². The predicted octanol–water partition coefficient (Wildman–Crippen LogP) is 3.89. The van der Waals surface area contributed by atoms with E-state index in [-0.39, 0.29) is 12.5 Å². The Balaban J connectivity index is 1.37. The Morgan fingerprint density at radius 3 is 2.82 bits per heavy atom. The number of rotatable bonds is 2. The van der Waals surface area contributed by atoms with Gasteiger partial charge in [-0.2, -0.15) is 10.2 Å². The third-order valence-electron chi connectivity index (χ3n) is 6.48. The third-order valence-corrected chi connectivity index (χ3v) is 6.48. The number of nitrogens with zero attached hydrogens (tertiary/aromatic N) is 5. The van der Waals surface area contributed by atoms with E-state index in [2.05, 4.69) is 50.8 Å². The highest BCUT2D eigenvalue weighted by Crippen LogP contribution is 2.25. The average molecular weight is 528 g/mol. The van der Waals surface area contributed by atoms with Gasteiger partial charge in [0.1, 0.15) is 17.3 Å². The zero-order valence-corrected chi connectivity index (χ0v) is 22.0. The van der Waals surface area contributed by atoms with Gasteiger partial charge in [0, 0.05) is 48.0 Å². The number of carbonyl (C=O) groups excluding carboxylic acids is 1. The van der Waals surface area contributed by atoms with Crippen LogP contribution in [-0.4, -0.2) is 43.7 Å². The molecule has 1 amide bonds.